The van der Waals surface area contributed by atoms with Crippen molar-refractivity contribution in [2.45, 2.75) is 70.2 Å². The smallest absolute Gasteiger partial charge is 0.303 e. The fraction of sp³-hybridized carbons (Fsp3) is 0.591. The molecule has 0 radical (unpaired) electrons. The van der Waals surface area contributed by atoms with Crippen molar-refractivity contribution in [1.82, 2.24) is 0 Å². The summed E-state index contributed by atoms with van der Waals surface area (Å²) in [4.78, 5) is 11.8. The molecule has 28 heavy (non-hydrogen) atoms. The highest BCUT2D eigenvalue weighted by atomic mass is 32.1. The summed E-state index contributed by atoms with van der Waals surface area (Å²) in [6.45, 7) is 2.07. The Kier molecular flexibility index (Phi) is 9.38. The zero-order chi connectivity index (χ0) is 20.5. The quantitative estimate of drug-likeness (QED) is 0.332. The maximum Gasteiger partial charge on any atom is 0.303 e. The Labute approximate surface area is 171 Å². The minimum Gasteiger partial charge on any atom is -0.481 e. The van der Waals surface area contributed by atoms with Gasteiger partial charge in [0.2, 0.25) is 0 Å². The van der Waals surface area contributed by atoms with Crippen LogP contribution in [0.1, 0.15) is 49.0 Å². The van der Waals surface area contributed by atoms with Crippen molar-refractivity contribution in [3.63, 3.8) is 0 Å². The minimum atomic E-state index is -0.791. The fourth-order valence-electron chi connectivity index (χ4n) is 3.74. The Morgan fingerprint density at radius 1 is 1.32 bits per heavy atom. The van der Waals surface area contributed by atoms with Gasteiger partial charge in [0.1, 0.15) is 0 Å². The second kappa shape index (κ2) is 11.5. The molecule has 1 aliphatic carbocycles. The number of carbonyl (C=O) groups is 1. The Balaban J connectivity index is 1.81. The van der Waals surface area contributed by atoms with E-state index in [1.165, 1.54) is 10.4 Å². The average Bonchev–Trinajstić information content (AvgIpc) is 3.16. The van der Waals surface area contributed by atoms with Crippen molar-refractivity contribution < 1.29 is 25.2 Å². The van der Waals surface area contributed by atoms with Crippen molar-refractivity contribution in [1.29, 1.82) is 0 Å². The SMILES string of the molecule is Cc1cc(CCC(O)C=C[C@H]2C(O)CC(O)[C@@H]2CC=CCCCC(=O)O)cs1. The van der Waals surface area contributed by atoms with Crippen LogP contribution in [0.4, 0.5) is 0 Å². The van der Waals surface area contributed by atoms with Crippen LogP contribution in [0.2, 0.25) is 0 Å². The number of hydrogen-bond acceptors (Lipinski definition) is 5. The molecule has 0 saturated heterocycles. The van der Waals surface area contributed by atoms with Gasteiger partial charge in [0.05, 0.1) is 18.3 Å². The molecule has 1 aliphatic rings. The van der Waals surface area contributed by atoms with Gasteiger partial charge in [-0.1, -0.05) is 24.3 Å². The molecule has 4 N–H and O–H groups in total. The van der Waals surface area contributed by atoms with Gasteiger partial charge in [-0.15, -0.1) is 11.3 Å². The van der Waals surface area contributed by atoms with E-state index in [4.69, 9.17) is 5.11 Å². The zero-order valence-corrected chi connectivity index (χ0v) is 17.2. The maximum atomic E-state index is 10.5. The highest BCUT2D eigenvalue weighted by Gasteiger charge is 2.39. The average molecular weight is 409 g/mol. The number of rotatable bonds is 11. The summed E-state index contributed by atoms with van der Waals surface area (Å²) in [6, 6.07) is 2.14. The van der Waals surface area contributed by atoms with E-state index in [1.54, 1.807) is 17.4 Å². The van der Waals surface area contributed by atoms with E-state index >= 15 is 0 Å². The van der Waals surface area contributed by atoms with Gasteiger partial charge in [0.25, 0.3) is 0 Å². The van der Waals surface area contributed by atoms with E-state index in [9.17, 15) is 20.1 Å². The molecule has 0 spiro atoms. The first kappa shape index (κ1) is 22.8. The second-order valence-electron chi connectivity index (χ2n) is 7.66. The highest BCUT2D eigenvalue weighted by molar-refractivity contribution is 7.10. The van der Waals surface area contributed by atoms with Crippen molar-refractivity contribution in [2.24, 2.45) is 11.8 Å². The predicted octanol–water partition coefficient (Wildman–Crippen LogP) is 3.47. The van der Waals surface area contributed by atoms with E-state index in [-0.39, 0.29) is 18.3 Å². The molecule has 1 fully saturated rings. The molecular formula is C22H32O5S. The number of aliphatic hydroxyl groups is 3. The molecule has 5 atom stereocenters. The van der Waals surface area contributed by atoms with Crippen molar-refractivity contribution in [3.05, 3.63) is 46.2 Å². The lowest BCUT2D eigenvalue weighted by molar-refractivity contribution is -0.137. The van der Waals surface area contributed by atoms with Crippen LogP contribution in [-0.2, 0) is 11.2 Å². The van der Waals surface area contributed by atoms with Gasteiger partial charge in [0, 0.05) is 23.6 Å². The van der Waals surface area contributed by atoms with Crippen molar-refractivity contribution in [3.8, 4) is 0 Å². The van der Waals surface area contributed by atoms with E-state index in [0.717, 1.165) is 6.42 Å². The normalized spacial score (nSPS) is 26.4. The summed E-state index contributed by atoms with van der Waals surface area (Å²) in [7, 11) is 0. The molecule has 1 aromatic heterocycles. The fourth-order valence-corrected chi connectivity index (χ4v) is 4.49. The monoisotopic (exact) mass is 408 g/mol. The second-order valence-corrected chi connectivity index (χ2v) is 8.78. The lowest BCUT2D eigenvalue weighted by Crippen LogP contribution is -2.20. The topological polar surface area (TPSA) is 98.0 Å². The molecular weight excluding hydrogens is 376 g/mol. The summed E-state index contributed by atoms with van der Waals surface area (Å²) in [6.07, 6.45) is 9.62. The number of hydrogen-bond donors (Lipinski definition) is 4. The third-order valence-electron chi connectivity index (χ3n) is 5.32. The first-order valence-corrected chi connectivity index (χ1v) is 10.9. The Bertz CT molecular complexity index is 666. The Morgan fingerprint density at radius 3 is 2.79 bits per heavy atom. The first-order chi connectivity index (χ1) is 13.4. The van der Waals surface area contributed by atoms with Gasteiger partial charge in [-0.05, 0) is 62.0 Å². The Hall–Kier alpha value is -1.47. The third-order valence-corrected chi connectivity index (χ3v) is 6.23. The molecule has 1 aromatic rings. The van der Waals surface area contributed by atoms with E-state index in [1.807, 2.05) is 18.2 Å². The van der Waals surface area contributed by atoms with Crippen LogP contribution >= 0.6 is 11.3 Å². The van der Waals surface area contributed by atoms with Crippen molar-refractivity contribution >= 4 is 17.3 Å². The van der Waals surface area contributed by atoms with Gasteiger partial charge in [0.15, 0.2) is 0 Å². The van der Waals surface area contributed by atoms with Crippen LogP contribution < -0.4 is 0 Å². The first-order valence-electron chi connectivity index (χ1n) is 10.00. The molecule has 3 unspecified atom stereocenters. The van der Waals surface area contributed by atoms with Crippen LogP contribution in [0.15, 0.2) is 35.8 Å². The number of thiophene rings is 1. The molecule has 0 aliphatic heterocycles. The van der Waals surface area contributed by atoms with E-state index in [0.29, 0.717) is 32.1 Å². The zero-order valence-electron chi connectivity index (χ0n) is 16.4. The molecule has 156 valence electrons. The molecule has 2 rings (SSSR count). The van der Waals surface area contributed by atoms with Crippen LogP contribution in [0.3, 0.4) is 0 Å². The lowest BCUT2D eigenvalue weighted by atomic mass is 9.89. The largest absolute Gasteiger partial charge is 0.481 e. The number of aliphatic hydroxyl groups excluding tert-OH is 3. The number of aliphatic carboxylic acids is 1. The highest BCUT2D eigenvalue weighted by Crippen LogP contribution is 2.36. The summed E-state index contributed by atoms with van der Waals surface area (Å²) in [5.74, 6) is -1.06. The molecule has 1 saturated carbocycles. The molecule has 1 heterocycles. The molecule has 0 aromatic carbocycles. The third kappa shape index (κ3) is 7.51. The number of carboxylic acid groups (broad SMARTS) is 1. The van der Waals surface area contributed by atoms with Gasteiger partial charge in [-0.25, -0.2) is 0 Å². The number of allylic oxidation sites excluding steroid dienone is 2. The summed E-state index contributed by atoms with van der Waals surface area (Å²) in [5, 5.41) is 41.5. The summed E-state index contributed by atoms with van der Waals surface area (Å²) in [5.41, 5.74) is 1.23. The van der Waals surface area contributed by atoms with E-state index < -0.39 is 24.3 Å². The summed E-state index contributed by atoms with van der Waals surface area (Å²) < 4.78 is 0. The number of unbranched alkanes of at least 4 members (excludes halogenated alkanes) is 1. The molecule has 6 heteroatoms. The van der Waals surface area contributed by atoms with Gasteiger partial charge in [-0.3, -0.25) is 4.79 Å². The van der Waals surface area contributed by atoms with Crippen LogP contribution in [0, 0.1) is 18.8 Å². The van der Waals surface area contributed by atoms with Crippen molar-refractivity contribution in [2.75, 3.05) is 0 Å². The molecule has 0 bridgehead atoms. The minimum absolute atomic E-state index is 0.0892. The number of carboxylic acids is 1. The molecule has 0 amide bonds. The maximum absolute atomic E-state index is 10.5. The van der Waals surface area contributed by atoms with Crippen LogP contribution in [0.5, 0.6) is 0 Å². The van der Waals surface area contributed by atoms with Crippen LogP contribution in [-0.4, -0.2) is 44.7 Å². The predicted molar refractivity (Wildman–Crippen MR) is 111 cm³/mol. The number of aryl methyl sites for hydroxylation is 2. The van der Waals surface area contributed by atoms with Gasteiger partial charge < -0.3 is 20.4 Å². The summed E-state index contributed by atoms with van der Waals surface area (Å²) >= 11 is 1.71. The Morgan fingerprint density at radius 2 is 2.11 bits per heavy atom. The van der Waals surface area contributed by atoms with Crippen LogP contribution in [0.25, 0.3) is 0 Å². The lowest BCUT2D eigenvalue weighted by Gasteiger charge is -2.19. The van der Waals surface area contributed by atoms with Gasteiger partial charge in [-0.2, -0.15) is 0 Å². The van der Waals surface area contributed by atoms with E-state index in [2.05, 4.69) is 18.4 Å². The molecule has 5 nitrogen and oxygen atoms in total. The standard InChI is InChI=1S/C22H32O5S/c1-15-12-16(14-28-15)8-9-17(23)10-11-19-18(20(24)13-21(19)25)6-4-2-3-5-7-22(26)27/h2,4,10-12,14,17-21,23-25H,3,5-9,13H2,1H3,(H,26,27)/t17?,18-,19-,20?,21?/m1/s1. The van der Waals surface area contributed by atoms with Gasteiger partial charge >= 0.3 is 5.97 Å².